The van der Waals surface area contributed by atoms with E-state index in [0.29, 0.717) is 51.1 Å². The quantitative estimate of drug-likeness (QED) is 0.430. The van der Waals surface area contributed by atoms with Crippen molar-refractivity contribution in [2.24, 2.45) is 11.8 Å². The number of carbonyl (C=O) groups is 2. The number of nitrogens with zero attached hydrogens (tertiary/aromatic N) is 3. The molecule has 3 aromatic carbocycles. The maximum Gasteiger partial charge on any atom is 0.265 e. The van der Waals surface area contributed by atoms with Gasteiger partial charge in [-0.1, -0.05) is 38.1 Å². The van der Waals surface area contributed by atoms with Crippen LogP contribution in [0, 0.1) is 18.8 Å². The van der Waals surface area contributed by atoms with Crippen LogP contribution >= 0.6 is 0 Å². The van der Waals surface area contributed by atoms with E-state index in [2.05, 4.69) is 24.1 Å². The highest BCUT2D eigenvalue weighted by molar-refractivity contribution is 6.09. The number of amides is 2. The predicted octanol–water partition coefficient (Wildman–Crippen LogP) is 5.06. The Bertz CT molecular complexity index is 1530. The van der Waals surface area contributed by atoms with E-state index >= 15 is 0 Å². The van der Waals surface area contributed by atoms with Gasteiger partial charge < -0.3 is 10.2 Å². The SMILES string of the molecule is Cc1nc2ccccc2c(=O)n1-c1ccc(C(=O)Nc2ccccc2C(=O)N2CC(C)CC(C)C2)cc1. The molecule has 7 heteroatoms. The fourth-order valence-corrected chi connectivity index (χ4v) is 5.28. The Balaban J connectivity index is 1.38. The maximum absolute atomic E-state index is 13.3. The fourth-order valence-electron chi connectivity index (χ4n) is 5.28. The van der Waals surface area contributed by atoms with Gasteiger partial charge in [-0.05, 0) is 73.7 Å². The van der Waals surface area contributed by atoms with E-state index in [4.69, 9.17) is 0 Å². The van der Waals surface area contributed by atoms with Crippen LogP contribution in [-0.4, -0.2) is 39.4 Å². The second kappa shape index (κ2) is 10.0. The van der Waals surface area contributed by atoms with E-state index in [9.17, 15) is 14.4 Å². The monoisotopic (exact) mass is 494 g/mol. The summed E-state index contributed by atoms with van der Waals surface area (Å²) in [7, 11) is 0. The molecule has 1 aromatic heterocycles. The number of likely N-dealkylation sites (tertiary alicyclic amines) is 1. The van der Waals surface area contributed by atoms with Crippen LogP contribution in [0.1, 0.15) is 46.8 Å². The first-order valence-corrected chi connectivity index (χ1v) is 12.6. The molecule has 1 aliphatic rings. The molecular formula is C30H30N4O3. The molecule has 0 saturated carbocycles. The largest absolute Gasteiger partial charge is 0.338 e. The van der Waals surface area contributed by atoms with Crippen LogP contribution < -0.4 is 10.9 Å². The molecular weight excluding hydrogens is 464 g/mol. The lowest BCUT2D eigenvalue weighted by molar-refractivity contribution is 0.0624. The minimum atomic E-state index is -0.326. The number of benzene rings is 3. The molecule has 0 spiro atoms. The minimum Gasteiger partial charge on any atom is -0.338 e. The highest BCUT2D eigenvalue weighted by atomic mass is 16.2. The second-order valence-electron chi connectivity index (χ2n) is 10.0. The number of para-hydroxylation sites is 2. The van der Waals surface area contributed by atoms with E-state index in [-0.39, 0.29) is 17.4 Å². The summed E-state index contributed by atoms with van der Waals surface area (Å²) in [6.07, 6.45) is 1.11. The number of nitrogens with one attached hydrogen (secondary N) is 1. The first kappa shape index (κ1) is 24.4. The Labute approximate surface area is 215 Å². The standard InChI is InChI=1S/C30H30N4O3/c1-19-16-20(2)18-33(17-19)29(36)24-8-4-7-11-27(24)32-28(35)22-12-14-23(15-13-22)34-21(3)31-26-10-6-5-9-25(26)30(34)37/h4-15,19-20H,16-18H2,1-3H3,(H,32,35). The molecule has 0 bridgehead atoms. The summed E-state index contributed by atoms with van der Waals surface area (Å²) in [6, 6.07) is 21.2. The molecule has 2 unspecified atom stereocenters. The van der Waals surface area contributed by atoms with Crippen molar-refractivity contribution < 1.29 is 9.59 Å². The summed E-state index contributed by atoms with van der Waals surface area (Å²) in [4.78, 5) is 46.0. The van der Waals surface area contributed by atoms with Gasteiger partial charge in [-0.3, -0.25) is 19.0 Å². The molecule has 5 rings (SSSR count). The summed E-state index contributed by atoms with van der Waals surface area (Å²) < 4.78 is 1.54. The molecule has 0 aliphatic carbocycles. The Morgan fingerprint density at radius 1 is 0.892 bits per heavy atom. The van der Waals surface area contributed by atoms with Crippen LogP contribution in [0.15, 0.2) is 77.6 Å². The van der Waals surface area contributed by atoms with Crippen molar-refractivity contribution in [3.63, 3.8) is 0 Å². The third-order valence-corrected chi connectivity index (χ3v) is 6.89. The molecule has 1 aliphatic heterocycles. The average molecular weight is 495 g/mol. The van der Waals surface area contributed by atoms with E-state index in [0.717, 1.165) is 19.5 Å². The zero-order valence-electron chi connectivity index (χ0n) is 21.3. The van der Waals surface area contributed by atoms with Gasteiger partial charge in [-0.25, -0.2) is 4.98 Å². The minimum absolute atomic E-state index is 0.0664. The number of hydrogen-bond donors (Lipinski definition) is 1. The molecule has 0 radical (unpaired) electrons. The number of aromatic nitrogens is 2. The smallest absolute Gasteiger partial charge is 0.265 e. The zero-order chi connectivity index (χ0) is 26.1. The number of hydrogen-bond acceptors (Lipinski definition) is 4. The van der Waals surface area contributed by atoms with Gasteiger partial charge in [0.25, 0.3) is 17.4 Å². The summed E-state index contributed by atoms with van der Waals surface area (Å²) in [5.74, 6) is 1.06. The highest BCUT2D eigenvalue weighted by Gasteiger charge is 2.27. The van der Waals surface area contributed by atoms with Crippen molar-refractivity contribution in [2.45, 2.75) is 27.2 Å². The van der Waals surface area contributed by atoms with Crippen LogP contribution in [0.3, 0.4) is 0 Å². The lowest BCUT2D eigenvalue weighted by atomic mass is 9.91. The van der Waals surface area contributed by atoms with E-state index in [1.807, 2.05) is 29.2 Å². The Hall–Kier alpha value is -4.26. The molecule has 4 aromatic rings. The highest BCUT2D eigenvalue weighted by Crippen LogP contribution is 2.25. The maximum atomic E-state index is 13.3. The Morgan fingerprint density at radius 3 is 2.27 bits per heavy atom. The van der Waals surface area contributed by atoms with Crippen molar-refractivity contribution in [3.8, 4) is 5.69 Å². The first-order valence-electron chi connectivity index (χ1n) is 12.6. The van der Waals surface area contributed by atoms with Crippen molar-refractivity contribution in [2.75, 3.05) is 18.4 Å². The van der Waals surface area contributed by atoms with Crippen LogP contribution in [0.2, 0.25) is 0 Å². The summed E-state index contributed by atoms with van der Waals surface area (Å²) in [5, 5.41) is 3.44. The predicted molar refractivity (Wildman–Crippen MR) is 145 cm³/mol. The molecule has 2 heterocycles. The van der Waals surface area contributed by atoms with Crippen LogP contribution in [0.5, 0.6) is 0 Å². The zero-order valence-corrected chi connectivity index (χ0v) is 21.3. The summed E-state index contributed by atoms with van der Waals surface area (Å²) in [5.41, 5.74) is 2.51. The van der Waals surface area contributed by atoms with Gasteiger partial charge in [0, 0.05) is 18.7 Å². The number of aryl methyl sites for hydroxylation is 1. The topological polar surface area (TPSA) is 84.3 Å². The number of anilines is 1. The van der Waals surface area contributed by atoms with Gasteiger partial charge in [-0.15, -0.1) is 0 Å². The third-order valence-electron chi connectivity index (χ3n) is 6.89. The summed E-state index contributed by atoms with van der Waals surface area (Å²) in [6.45, 7) is 7.55. The summed E-state index contributed by atoms with van der Waals surface area (Å²) >= 11 is 0. The van der Waals surface area contributed by atoms with Gasteiger partial charge in [0.2, 0.25) is 0 Å². The molecule has 188 valence electrons. The van der Waals surface area contributed by atoms with Gasteiger partial charge in [0.15, 0.2) is 0 Å². The van der Waals surface area contributed by atoms with Crippen molar-refractivity contribution in [1.82, 2.24) is 14.5 Å². The fraction of sp³-hybridized carbons (Fsp3) is 0.267. The lowest BCUT2D eigenvalue weighted by Gasteiger charge is -2.35. The van der Waals surface area contributed by atoms with Gasteiger partial charge in [0.05, 0.1) is 27.8 Å². The first-order chi connectivity index (χ1) is 17.8. The molecule has 1 N–H and O–H groups in total. The third kappa shape index (κ3) is 4.89. The molecule has 1 saturated heterocycles. The van der Waals surface area contributed by atoms with E-state index < -0.39 is 0 Å². The van der Waals surface area contributed by atoms with Gasteiger partial charge >= 0.3 is 0 Å². The number of fused-ring (bicyclic) bond motifs is 1. The Kier molecular flexibility index (Phi) is 6.61. The molecule has 2 atom stereocenters. The second-order valence-corrected chi connectivity index (χ2v) is 10.0. The van der Waals surface area contributed by atoms with E-state index in [1.54, 1.807) is 60.0 Å². The molecule has 7 nitrogen and oxygen atoms in total. The van der Waals surface area contributed by atoms with Crippen LogP contribution in [0.25, 0.3) is 16.6 Å². The van der Waals surface area contributed by atoms with Gasteiger partial charge in [0.1, 0.15) is 5.82 Å². The molecule has 1 fully saturated rings. The normalized spacial score (nSPS) is 17.5. The number of piperidine rings is 1. The van der Waals surface area contributed by atoms with Crippen LogP contribution in [-0.2, 0) is 0 Å². The number of rotatable bonds is 4. The lowest BCUT2D eigenvalue weighted by Crippen LogP contribution is -2.42. The van der Waals surface area contributed by atoms with Crippen molar-refractivity contribution in [1.29, 1.82) is 0 Å². The Morgan fingerprint density at radius 2 is 1.54 bits per heavy atom. The van der Waals surface area contributed by atoms with Crippen molar-refractivity contribution in [3.05, 3.63) is 100 Å². The molecule has 2 amide bonds. The van der Waals surface area contributed by atoms with Crippen LogP contribution in [0.4, 0.5) is 5.69 Å². The van der Waals surface area contributed by atoms with Crippen molar-refractivity contribution >= 4 is 28.4 Å². The average Bonchev–Trinajstić information content (AvgIpc) is 2.88. The molecule has 37 heavy (non-hydrogen) atoms. The number of carbonyl (C=O) groups excluding carboxylic acids is 2. The van der Waals surface area contributed by atoms with Gasteiger partial charge in [-0.2, -0.15) is 0 Å². The van der Waals surface area contributed by atoms with E-state index in [1.165, 1.54) is 0 Å².